The highest BCUT2D eigenvalue weighted by Gasteiger charge is 2.72. The Bertz CT molecular complexity index is 754. The lowest BCUT2D eigenvalue weighted by Gasteiger charge is -2.22. The Morgan fingerprint density at radius 3 is 2.56 bits per heavy atom. The SMILES string of the molecule is Cc1n[nH]c(C)c1CCNC(=O)C1(c2ccccc2)CC12CCCC2. The monoisotopic (exact) mass is 337 g/mol. The molecule has 1 aromatic heterocycles. The van der Waals surface area contributed by atoms with Crippen LogP contribution in [0.25, 0.3) is 0 Å². The molecule has 1 unspecified atom stereocenters. The lowest BCUT2D eigenvalue weighted by Crippen LogP contribution is -2.39. The van der Waals surface area contributed by atoms with Crippen LogP contribution in [0.5, 0.6) is 0 Å². The number of aromatic nitrogens is 2. The summed E-state index contributed by atoms with van der Waals surface area (Å²) < 4.78 is 0. The summed E-state index contributed by atoms with van der Waals surface area (Å²) in [6.45, 7) is 4.72. The molecule has 1 spiro atoms. The van der Waals surface area contributed by atoms with Gasteiger partial charge in [-0.2, -0.15) is 5.10 Å². The third-order valence-corrected chi connectivity index (χ3v) is 6.54. The second-order valence-corrected chi connectivity index (χ2v) is 7.85. The molecule has 2 saturated carbocycles. The van der Waals surface area contributed by atoms with Crippen molar-refractivity contribution < 1.29 is 4.79 Å². The van der Waals surface area contributed by atoms with E-state index in [0.717, 1.165) is 24.2 Å². The number of carbonyl (C=O) groups is 1. The smallest absolute Gasteiger partial charge is 0.231 e. The maximum atomic E-state index is 13.3. The highest BCUT2D eigenvalue weighted by molar-refractivity contribution is 5.93. The van der Waals surface area contributed by atoms with Crippen LogP contribution in [0.15, 0.2) is 30.3 Å². The van der Waals surface area contributed by atoms with Crippen LogP contribution in [0.4, 0.5) is 0 Å². The van der Waals surface area contributed by atoms with Gasteiger partial charge in [0.05, 0.1) is 11.1 Å². The molecule has 1 heterocycles. The first-order valence-electron chi connectivity index (χ1n) is 9.43. The van der Waals surface area contributed by atoms with Crippen molar-refractivity contribution in [2.24, 2.45) is 5.41 Å². The summed E-state index contributed by atoms with van der Waals surface area (Å²) in [6, 6.07) is 10.4. The summed E-state index contributed by atoms with van der Waals surface area (Å²) in [5, 5.41) is 10.5. The van der Waals surface area contributed by atoms with E-state index in [1.54, 1.807) is 0 Å². The zero-order chi connectivity index (χ0) is 17.5. The van der Waals surface area contributed by atoms with Crippen LogP contribution < -0.4 is 5.32 Å². The first-order chi connectivity index (χ1) is 12.1. The molecule has 2 fully saturated rings. The fourth-order valence-corrected chi connectivity index (χ4v) is 5.10. The van der Waals surface area contributed by atoms with Crippen molar-refractivity contribution in [3.8, 4) is 0 Å². The maximum absolute atomic E-state index is 13.3. The molecule has 2 aliphatic rings. The maximum Gasteiger partial charge on any atom is 0.231 e. The van der Waals surface area contributed by atoms with Gasteiger partial charge in [-0.1, -0.05) is 43.2 Å². The predicted octanol–water partition coefficient (Wildman–Crippen LogP) is 3.59. The van der Waals surface area contributed by atoms with Crippen molar-refractivity contribution in [3.63, 3.8) is 0 Å². The Hall–Kier alpha value is -2.10. The van der Waals surface area contributed by atoms with E-state index in [1.807, 2.05) is 19.9 Å². The van der Waals surface area contributed by atoms with E-state index in [1.165, 1.54) is 36.8 Å². The van der Waals surface area contributed by atoms with Crippen LogP contribution in [0.2, 0.25) is 0 Å². The molecule has 4 heteroatoms. The van der Waals surface area contributed by atoms with Crippen molar-refractivity contribution in [1.82, 2.24) is 15.5 Å². The van der Waals surface area contributed by atoms with Gasteiger partial charge in [-0.3, -0.25) is 9.89 Å². The molecule has 1 aromatic carbocycles. The number of carbonyl (C=O) groups excluding carboxylic acids is 1. The summed E-state index contributed by atoms with van der Waals surface area (Å²) in [5.41, 5.74) is 4.46. The van der Waals surface area contributed by atoms with E-state index in [9.17, 15) is 4.79 Å². The summed E-state index contributed by atoms with van der Waals surface area (Å²) in [6.07, 6.45) is 6.74. The number of hydrogen-bond donors (Lipinski definition) is 2. The molecular weight excluding hydrogens is 310 g/mol. The summed E-state index contributed by atoms with van der Waals surface area (Å²) in [4.78, 5) is 13.3. The van der Waals surface area contributed by atoms with Gasteiger partial charge in [0.15, 0.2) is 0 Å². The van der Waals surface area contributed by atoms with Crippen LogP contribution in [0.1, 0.15) is 54.6 Å². The van der Waals surface area contributed by atoms with Crippen LogP contribution >= 0.6 is 0 Å². The van der Waals surface area contributed by atoms with Crippen molar-refractivity contribution in [2.75, 3.05) is 6.54 Å². The largest absolute Gasteiger partial charge is 0.355 e. The molecule has 25 heavy (non-hydrogen) atoms. The fraction of sp³-hybridized carbons (Fsp3) is 0.524. The molecule has 0 aliphatic heterocycles. The molecule has 2 aliphatic carbocycles. The normalized spacial score (nSPS) is 23.8. The number of nitrogens with one attached hydrogen (secondary N) is 2. The average molecular weight is 337 g/mol. The number of amides is 1. The van der Waals surface area contributed by atoms with Crippen LogP contribution in [-0.4, -0.2) is 22.6 Å². The van der Waals surface area contributed by atoms with Crippen molar-refractivity contribution in [2.45, 2.75) is 57.8 Å². The topological polar surface area (TPSA) is 57.8 Å². The number of benzene rings is 1. The van der Waals surface area contributed by atoms with Gasteiger partial charge in [0.1, 0.15) is 0 Å². The Labute approximate surface area is 149 Å². The van der Waals surface area contributed by atoms with Gasteiger partial charge < -0.3 is 5.32 Å². The zero-order valence-electron chi connectivity index (χ0n) is 15.2. The summed E-state index contributed by atoms with van der Waals surface area (Å²) in [5.74, 6) is 0.222. The Morgan fingerprint density at radius 1 is 1.20 bits per heavy atom. The second-order valence-electron chi connectivity index (χ2n) is 7.85. The van der Waals surface area contributed by atoms with Crippen molar-refractivity contribution in [3.05, 3.63) is 52.8 Å². The van der Waals surface area contributed by atoms with Gasteiger partial charge >= 0.3 is 0 Å². The number of rotatable bonds is 5. The van der Waals surface area contributed by atoms with Gasteiger partial charge in [-0.05, 0) is 56.1 Å². The molecular formula is C21H27N3O. The van der Waals surface area contributed by atoms with E-state index in [-0.39, 0.29) is 16.7 Å². The molecule has 2 N–H and O–H groups in total. The molecule has 4 nitrogen and oxygen atoms in total. The minimum atomic E-state index is -0.300. The lowest BCUT2D eigenvalue weighted by molar-refractivity contribution is -0.124. The molecule has 4 rings (SSSR count). The minimum Gasteiger partial charge on any atom is -0.355 e. The van der Waals surface area contributed by atoms with Gasteiger partial charge in [-0.25, -0.2) is 0 Å². The van der Waals surface area contributed by atoms with Crippen molar-refractivity contribution >= 4 is 5.91 Å². The van der Waals surface area contributed by atoms with Crippen molar-refractivity contribution in [1.29, 1.82) is 0 Å². The molecule has 132 valence electrons. The number of hydrogen-bond acceptors (Lipinski definition) is 2. The molecule has 0 bridgehead atoms. The third kappa shape index (κ3) is 2.50. The van der Waals surface area contributed by atoms with E-state index in [2.05, 4.69) is 39.8 Å². The van der Waals surface area contributed by atoms with Gasteiger partial charge in [-0.15, -0.1) is 0 Å². The highest BCUT2D eigenvalue weighted by Crippen LogP contribution is 2.72. The standard InChI is InChI=1S/C21H27N3O/c1-15-18(16(2)24-23-15)10-13-22-19(25)21(17-8-4-3-5-9-17)14-20(21)11-6-7-12-20/h3-5,8-9H,6-7,10-14H2,1-2H3,(H,22,25)(H,23,24). The Balaban J connectivity index is 1.50. The number of aryl methyl sites for hydroxylation is 2. The molecule has 1 atom stereocenters. The lowest BCUT2D eigenvalue weighted by atomic mass is 9.84. The Morgan fingerprint density at radius 2 is 1.92 bits per heavy atom. The number of aromatic amines is 1. The first-order valence-corrected chi connectivity index (χ1v) is 9.43. The molecule has 1 amide bonds. The zero-order valence-corrected chi connectivity index (χ0v) is 15.2. The molecule has 0 radical (unpaired) electrons. The average Bonchev–Trinajstić information content (AvgIpc) is 2.85. The van der Waals surface area contributed by atoms with Gasteiger partial charge in [0, 0.05) is 12.2 Å². The first kappa shape index (κ1) is 16.4. The van der Waals surface area contributed by atoms with Gasteiger partial charge in [0.2, 0.25) is 5.91 Å². The van der Waals surface area contributed by atoms with E-state index in [0.29, 0.717) is 6.54 Å². The van der Waals surface area contributed by atoms with E-state index >= 15 is 0 Å². The third-order valence-electron chi connectivity index (χ3n) is 6.54. The van der Waals surface area contributed by atoms with Crippen LogP contribution in [-0.2, 0) is 16.6 Å². The summed E-state index contributed by atoms with van der Waals surface area (Å²) in [7, 11) is 0. The molecule has 0 saturated heterocycles. The highest BCUT2D eigenvalue weighted by atomic mass is 16.2. The summed E-state index contributed by atoms with van der Waals surface area (Å²) >= 11 is 0. The van der Waals surface area contributed by atoms with E-state index in [4.69, 9.17) is 0 Å². The van der Waals surface area contributed by atoms with E-state index < -0.39 is 0 Å². The Kier molecular flexibility index (Phi) is 3.94. The number of H-pyrrole nitrogens is 1. The van der Waals surface area contributed by atoms with Gasteiger partial charge in [0.25, 0.3) is 0 Å². The minimum absolute atomic E-state index is 0.208. The second kappa shape index (κ2) is 6.01. The van der Waals surface area contributed by atoms with Crippen LogP contribution in [0.3, 0.4) is 0 Å². The predicted molar refractivity (Wildman–Crippen MR) is 98.4 cm³/mol. The quantitative estimate of drug-likeness (QED) is 0.876. The van der Waals surface area contributed by atoms with Crippen LogP contribution in [0, 0.1) is 19.3 Å². The number of nitrogens with zero attached hydrogens (tertiary/aromatic N) is 1. The fourth-order valence-electron chi connectivity index (χ4n) is 5.10. The molecule has 2 aromatic rings.